The Morgan fingerprint density at radius 3 is 2.24 bits per heavy atom. The van der Waals surface area contributed by atoms with Crippen LogP contribution in [-0.4, -0.2) is 9.67 Å². The zero-order valence-corrected chi connectivity index (χ0v) is 17.5. The molecule has 0 aliphatic heterocycles. The highest BCUT2D eigenvalue weighted by molar-refractivity contribution is 5.96. The van der Waals surface area contributed by atoms with Gasteiger partial charge in [0.1, 0.15) is 34.3 Å². The van der Waals surface area contributed by atoms with Gasteiger partial charge in [-0.05, 0) is 23.3 Å². The minimum absolute atomic E-state index is 0.0308. The number of nitriles is 1. The van der Waals surface area contributed by atoms with E-state index < -0.39 is 5.63 Å². The van der Waals surface area contributed by atoms with E-state index in [1.807, 2.05) is 60.7 Å². The van der Waals surface area contributed by atoms with Crippen LogP contribution in [0.2, 0.25) is 0 Å². The molecule has 3 aromatic carbocycles. The Kier molecular flexibility index (Phi) is 4.92. The third-order valence-corrected chi connectivity index (χ3v) is 5.68. The standard InChI is InChI=1S/C27H19N3O3/c28-15-20-22(18-11-5-2-6-12-18)24(30(26(20)29)16-17-9-3-1-4-10-17)23-25(31)19-13-7-8-14-21(19)33-27(23)32/h1-14,31H,16,29H2. The summed E-state index contributed by atoms with van der Waals surface area (Å²) in [5.41, 5.74) is 8.70. The highest BCUT2D eigenvalue weighted by Gasteiger charge is 2.29. The number of aromatic hydroxyl groups is 1. The molecule has 0 fully saturated rings. The van der Waals surface area contributed by atoms with E-state index in [2.05, 4.69) is 6.07 Å². The predicted octanol–water partition coefficient (Wildman–Crippen LogP) is 5.14. The van der Waals surface area contributed by atoms with Gasteiger partial charge in [-0.2, -0.15) is 5.26 Å². The largest absolute Gasteiger partial charge is 0.506 e. The normalized spacial score (nSPS) is 10.9. The van der Waals surface area contributed by atoms with Gasteiger partial charge in [0.2, 0.25) is 0 Å². The molecule has 160 valence electrons. The Labute approximate surface area is 189 Å². The number of anilines is 1. The second-order valence-corrected chi connectivity index (χ2v) is 7.64. The van der Waals surface area contributed by atoms with Gasteiger partial charge in [0.05, 0.1) is 11.1 Å². The minimum atomic E-state index is -0.709. The first-order chi connectivity index (χ1) is 16.1. The van der Waals surface area contributed by atoms with Crippen molar-refractivity contribution in [1.82, 2.24) is 4.57 Å². The van der Waals surface area contributed by atoms with Crippen LogP contribution in [0.3, 0.4) is 0 Å². The van der Waals surface area contributed by atoms with Gasteiger partial charge in [0, 0.05) is 12.1 Å². The SMILES string of the molecule is N#Cc1c(-c2ccccc2)c(-c2c(O)c3ccccc3oc2=O)n(Cc2ccccc2)c1N. The molecule has 0 amide bonds. The molecule has 0 saturated heterocycles. The van der Waals surface area contributed by atoms with Crippen LogP contribution in [0.1, 0.15) is 11.1 Å². The third-order valence-electron chi connectivity index (χ3n) is 5.68. The number of benzene rings is 3. The van der Waals surface area contributed by atoms with Crippen LogP contribution >= 0.6 is 0 Å². The number of hydrogen-bond acceptors (Lipinski definition) is 5. The molecule has 33 heavy (non-hydrogen) atoms. The van der Waals surface area contributed by atoms with Gasteiger partial charge in [-0.1, -0.05) is 72.8 Å². The fourth-order valence-corrected chi connectivity index (χ4v) is 4.17. The van der Waals surface area contributed by atoms with Crippen LogP contribution in [0.4, 0.5) is 5.82 Å². The number of rotatable bonds is 4. The number of fused-ring (bicyclic) bond motifs is 1. The number of para-hydroxylation sites is 1. The molecule has 6 nitrogen and oxygen atoms in total. The van der Waals surface area contributed by atoms with E-state index in [0.29, 0.717) is 28.8 Å². The summed E-state index contributed by atoms with van der Waals surface area (Å²) in [6.07, 6.45) is 0. The van der Waals surface area contributed by atoms with Crippen LogP contribution in [0.5, 0.6) is 5.75 Å². The van der Waals surface area contributed by atoms with E-state index in [4.69, 9.17) is 10.2 Å². The molecule has 0 bridgehead atoms. The quantitative estimate of drug-likeness (QED) is 0.382. The second-order valence-electron chi connectivity index (χ2n) is 7.64. The van der Waals surface area contributed by atoms with E-state index in [-0.39, 0.29) is 28.3 Å². The first-order valence-electron chi connectivity index (χ1n) is 10.4. The van der Waals surface area contributed by atoms with Gasteiger partial charge in [-0.15, -0.1) is 0 Å². The Balaban J connectivity index is 1.91. The Hall–Kier alpha value is -4.76. The molecule has 0 atom stereocenters. The maximum atomic E-state index is 13.2. The van der Waals surface area contributed by atoms with E-state index >= 15 is 0 Å². The molecule has 0 saturated carbocycles. The average Bonchev–Trinajstić information content (AvgIpc) is 3.11. The number of nitrogen functional groups attached to an aromatic ring is 1. The fourth-order valence-electron chi connectivity index (χ4n) is 4.17. The van der Waals surface area contributed by atoms with Crippen LogP contribution in [0, 0.1) is 11.3 Å². The molecule has 0 aliphatic carbocycles. The van der Waals surface area contributed by atoms with Crippen molar-refractivity contribution in [2.24, 2.45) is 0 Å². The summed E-state index contributed by atoms with van der Waals surface area (Å²) in [4.78, 5) is 13.2. The van der Waals surface area contributed by atoms with E-state index in [0.717, 1.165) is 5.56 Å². The molecule has 3 N–H and O–H groups in total. The van der Waals surface area contributed by atoms with Gasteiger partial charge in [-0.3, -0.25) is 0 Å². The number of aromatic nitrogens is 1. The maximum Gasteiger partial charge on any atom is 0.349 e. The lowest BCUT2D eigenvalue weighted by Gasteiger charge is -2.14. The van der Waals surface area contributed by atoms with Gasteiger partial charge in [0.15, 0.2) is 0 Å². The summed E-state index contributed by atoms with van der Waals surface area (Å²) in [5.74, 6) is -0.00232. The van der Waals surface area contributed by atoms with Crippen molar-refractivity contribution >= 4 is 16.8 Å². The Morgan fingerprint density at radius 1 is 0.909 bits per heavy atom. The summed E-state index contributed by atoms with van der Waals surface area (Å²) in [5, 5.41) is 21.6. The molecular formula is C27H19N3O3. The highest BCUT2D eigenvalue weighted by atomic mass is 16.4. The molecular weight excluding hydrogens is 414 g/mol. The predicted molar refractivity (Wildman–Crippen MR) is 128 cm³/mol. The lowest BCUT2D eigenvalue weighted by molar-refractivity contribution is 0.470. The summed E-state index contributed by atoms with van der Waals surface area (Å²) >= 11 is 0. The van der Waals surface area contributed by atoms with E-state index in [9.17, 15) is 15.2 Å². The smallest absolute Gasteiger partial charge is 0.349 e. The first kappa shape index (κ1) is 20.2. The number of nitrogens with zero attached hydrogens (tertiary/aromatic N) is 2. The lowest BCUT2D eigenvalue weighted by atomic mass is 9.97. The molecule has 5 aromatic rings. The van der Waals surface area contributed by atoms with Crippen molar-refractivity contribution in [3.05, 3.63) is 106 Å². The topological polar surface area (TPSA) is 105 Å². The van der Waals surface area contributed by atoms with Gasteiger partial charge in [-0.25, -0.2) is 4.79 Å². The minimum Gasteiger partial charge on any atom is -0.506 e. The molecule has 5 rings (SSSR count). The van der Waals surface area contributed by atoms with Crippen LogP contribution in [0.15, 0.2) is 94.1 Å². The average molecular weight is 433 g/mol. The Morgan fingerprint density at radius 2 is 1.55 bits per heavy atom. The van der Waals surface area contributed by atoms with Crippen molar-refractivity contribution in [2.45, 2.75) is 6.54 Å². The van der Waals surface area contributed by atoms with Gasteiger partial charge in [0.25, 0.3) is 0 Å². The van der Waals surface area contributed by atoms with Crippen molar-refractivity contribution in [1.29, 1.82) is 5.26 Å². The number of nitrogens with two attached hydrogens (primary N) is 1. The van der Waals surface area contributed by atoms with Crippen molar-refractivity contribution in [2.75, 3.05) is 5.73 Å². The van der Waals surface area contributed by atoms with E-state index in [1.165, 1.54) is 0 Å². The van der Waals surface area contributed by atoms with Gasteiger partial charge >= 0.3 is 5.63 Å². The zero-order chi connectivity index (χ0) is 22.9. The third kappa shape index (κ3) is 3.33. The summed E-state index contributed by atoms with van der Waals surface area (Å²) in [6.45, 7) is 0.301. The van der Waals surface area contributed by atoms with Crippen LogP contribution in [0.25, 0.3) is 33.4 Å². The second kappa shape index (κ2) is 8.06. The summed E-state index contributed by atoms with van der Waals surface area (Å²) in [6, 6.07) is 27.8. The highest BCUT2D eigenvalue weighted by Crippen LogP contribution is 2.44. The molecule has 0 spiro atoms. The van der Waals surface area contributed by atoms with Crippen molar-refractivity contribution in [3.8, 4) is 34.2 Å². The summed E-state index contributed by atoms with van der Waals surface area (Å²) in [7, 11) is 0. The molecule has 0 radical (unpaired) electrons. The summed E-state index contributed by atoms with van der Waals surface area (Å²) < 4.78 is 7.25. The lowest BCUT2D eigenvalue weighted by Crippen LogP contribution is -2.11. The van der Waals surface area contributed by atoms with E-state index in [1.54, 1.807) is 28.8 Å². The van der Waals surface area contributed by atoms with Crippen LogP contribution < -0.4 is 11.4 Å². The van der Waals surface area contributed by atoms with Gasteiger partial charge < -0.3 is 19.8 Å². The molecule has 6 heteroatoms. The monoisotopic (exact) mass is 433 g/mol. The zero-order valence-electron chi connectivity index (χ0n) is 17.5. The maximum absolute atomic E-state index is 13.2. The molecule has 0 unspecified atom stereocenters. The van der Waals surface area contributed by atoms with Crippen molar-refractivity contribution < 1.29 is 9.52 Å². The molecule has 2 aromatic heterocycles. The fraction of sp³-hybridized carbons (Fsp3) is 0.0370. The molecule has 0 aliphatic rings. The molecule has 2 heterocycles. The van der Waals surface area contributed by atoms with Crippen molar-refractivity contribution in [3.63, 3.8) is 0 Å². The Bertz CT molecular complexity index is 1580. The number of hydrogen-bond donors (Lipinski definition) is 2. The first-order valence-corrected chi connectivity index (χ1v) is 10.4. The van der Waals surface area contributed by atoms with Crippen LogP contribution in [-0.2, 0) is 6.54 Å².